The molecule has 0 aromatic heterocycles. The Balaban J connectivity index is 1.88. The van der Waals surface area contributed by atoms with Gasteiger partial charge >= 0.3 is 5.97 Å². The first-order valence-electron chi connectivity index (χ1n) is 9.00. The Morgan fingerprint density at radius 2 is 1.82 bits per heavy atom. The van der Waals surface area contributed by atoms with Gasteiger partial charge in [0.15, 0.2) is 17.6 Å². The van der Waals surface area contributed by atoms with Gasteiger partial charge < -0.3 is 19.3 Å². The van der Waals surface area contributed by atoms with E-state index in [0.717, 1.165) is 29.1 Å². The molecule has 2 aromatic rings. The van der Waals surface area contributed by atoms with E-state index in [4.69, 9.17) is 14.2 Å². The molecule has 1 fully saturated rings. The van der Waals surface area contributed by atoms with Crippen LogP contribution in [0.15, 0.2) is 48.5 Å². The first kappa shape index (κ1) is 20.9. The lowest BCUT2D eigenvalue weighted by molar-refractivity contribution is -0.150. The second-order valence-electron chi connectivity index (χ2n) is 6.28. The summed E-state index contributed by atoms with van der Waals surface area (Å²) in [6, 6.07) is 15.5. The van der Waals surface area contributed by atoms with E-state index >= 15 is 0 Å². The van der Waals surface area contributed by atoms with Crippen molar-refractivity contribution >= 4 is 29.5 Å². The summed E-state index contributed by atoms with van der Waals surface area (Å²) in [5.41, 5.74) is 1.87. The van der Waals surface area contributed by atoms with Crippen LogP contribution in [0, 0.1) is 0 Å². The molecule has 0 spiro atoms. The number of benzene rings is 2. The number of carbonyl (C=O) groups excluding carboxylic acids is 1. The molecule has 2 aromatic carbocycles. The van der Waals surface area contributed by atoms with Gasteiger partial charge in [-0.05, 0) is 41.2 Å². The van der Waals surface area contributed by atoms with Gasteiger partial charge in [0.25, 0.3) is 0 Å². The monoisotopic (exact) mass is 420 g/mol. The third kappa shape index (κ3) is 4.42. The van der Waals surface area contributed by atoms with Gasteiger partial charge in [0.05, 0.1) is 14.2 Å². The SMILES string of the molecule is COC(=O)C(O)C1(c2ccc(OCc3ccccc3)c(OC)c2)SCCCS1. The number of aliphatic hydroxyl groups excluding tert-OH is 1. The fraction of sp³-hybridized carbons (Fsp3) is 0.381. The lowest BCUT2D eigenvalue weighted by Crippen LogP contribution is -2.42. The van der Waals surface area contributed by atoms with E-state index in [-0.39, 0.29) is 0 Å². The van der Waals surface area contributed by atoms with Crippen molar-refractivity contribution in [2.45, 2.75) is 23.2 Å². The maximum Gasteiger partial charge on any atom is 0.337 e. The minimum atomic E-state index is -1.27. The number of methoxy groups -OCH3 is 2. The van der Waals surface area contributed by atoms with E-state index in [1.165, 1.54) is 7.11 Å². The maximum atomic E-state index is 12.1. The van der Waals surface area contributed by atoms with Crippen LogP contribution in [0.2, 0.25) is 0 Å². The van der Waals surface area contributed by atoms with Crippen LogP contribution < -0.4 is 9.47 Å². The molecule has 1 aliphatic rings. The molecular formula is C21H24O5S2. The highest BCUT2D eigenvalue weighted by Gasteiger charge is 2.47. The van der Waals surface area contributed by atoms with Crippen LogP contribution in [0.3, 0.4) is 0 Å². The second-order valence-corrected chi connectivity index (χ2v) is 9.22. The molecular weight excluding hydrogens is 396 g/mol. The molecule has 150 valence electrons. The van der Waals surface area contributed by atoms with E-state index in [2.05, 4.69) is 0 Å². The highest BCUT2D eigenvalue weighted by atomic mass is 32.2. The zero-order chi connectivity index (χ0) is 20.0. The zero-order valence-corrected chi connectivity index (χ0v) is 17.6. The molecule has 1 unspecified atom stereocenters. The van der Waals surface area contributed by atoms with E-state index in [9.17, 15) is 9.90 Å². The van der Waals surface area contributed by atoms with Crippen LogP contribution >= 0.6 is 23.5 Å². The smallest absolute Gasteiger partial charge is 0.337 e. The quantitative estimate of drug-likeness (QED) is 0.683. The summed E-state index contributed by atoms with van der Waals surface area (Å²) < 4.78 is 15.4. The first-order valence-corrected chi connectivity index (χ1v) is 11.0. The normalized spacial score (nSPS) is 16.8. The topological polar surface area (TPSA) is 65.0 Å². The van der Waals surface area contributed by atoms with Gasteiger partial charge in [-0.1, -0.05) is 36.4 Å². The average molecular weight is 421 g/mol. The van der Waals surface area contributed by atoms with Gasteiger partial charge in [-0.3, -0.25) is 0 Å². The van der Waals surface area contributed by atoms with Crippen LogP contribution in [-0.2, 0) is 20.2 Å². The zero-order valence-electron chi connectivity index (χ0n) is 15.9. The van der Waals surface area contributed by atoms with Crippen molar-refractivity contribution < 1.29 is 24.1 Å². The summed E-state index contributed by atoms with van der Waals surface area (Å²) in [7, 11) is 2.87. The molecule has 1 saturated heterocycles. The minimum Gasteiger partial charge on any atom is -0.493 e. The number of hydrogen-bond donors (Lipinski definition) is 1. The van der Waals surface area contributed by atoms with Crippen LogP contribution in [0.5, 0.6) is 11.5 Å². The number of esters is 1. The summed E-state index contributed by atoms with van der Waals surface area (Å²) in [5.74, 6) is 2.26. The third-order valence-electron chi connectivity index (χ3n) is 4.51. The lowest BCUT2D eigenvalue weighted by atomic mass is 10.1. The van der Waals surface area contributed by atoms with E-state index in [0.29, 0.717) is 18.1 Å². The van der Waals surface area contributed by atoms with Crippen LogP contribution in [0.4, 0.5) is 0 Å². The molecule has 1 atom stereocenters. The molecule has 0 amide bonds. The third-order valence-corrected chi connectivity index (χ3v) is 7.98. The number of hydrogen-bond acceptors (Lipinski definition) is 7. The molecule has 5 nitrogen and oxygen atoms in total. The van der Waals surface area contributed by atoms with Gasteiger partial charge in [0, 0.05) is 0 Å². The predicted molar refractivity (Wildman–Crippen MR) is 113 cm³/mol. The number of carbonyl (C=O) groups is 1. The van der Waals surface area contributed by atoms with Crippen LogP contribution in [0.25, 0.3) is 0 Å². The predicted octanol–water partition coefficient (Wildman–Crippen LogP) is 3.83. The lowest BCUT2D eigenvalue weighted by Gasteiger charge is -2.39. The highest BCUT2D eigenvalue weighted by molar-refractivity contribution is 8.18. The van der Waals surface area contributed by atoms with Crippen molar-refractivity contribution in [2.24, 2.45) is 0 Å². The van der Waals surface area contributed by atoms with Gasteiger partial charge in [0.2, 0.25) is 0 Å². The molecule has 1 aliphatic heterocycles. The Kier molecular flexibility index (Phi) is 7.15. The largest absolute Gasteiger partial charge is 0.493 e. The van der Waals surface area contributed by atoms with Crippen LogP contribution in [0.1, 0.15) is 17.5 Å². The Morgan fingerprint density at radius 3 is 2.46 bits per heavy atom. The minimum absolute atomic E-state index is 0.427. The summed E-state index contributed by atoms with van der Waals surface area (Å²) >= 11 is 3.13. The first-order chi connectivity index (χ1) is 13.6. The van der Waals surface area contributed by atoms with Gasteiger partial charge in [0.1, 0.15) is 10.7 Å². The molecule has 28 heavy (non-hydrogen) atoms. The Labute approximate surface area is 173 Å². The van der Waals surface area contributed by atoms with Crippen molar-refractivity contribution in [1.29, 1.82) is 0 Å². The molecule has 0 radical (unpaired) electrons. The number of rotatable bonds is 7. The van der Waals surface area contributed by atoms with Gasteiger partial charge in [-0.15, -0.1) is 23.5 Å². The summed E-state index contributed by atoms with van der Waals surface area (Å²) in [4.78, 5) is 12.1. The fourth-order valence-electron chi connectivity index (χ4n) is 3.04. The Hall–Kier alpha value is -1.83. The molecule has 0 aliphatic carbocycles. The van der Waals surface area contributed by atoms with E-state index in [1.54, 1.807) is 30.6 Å². The average Bonchev–Trinajstić information content (AvgIpc) is 2.77. The van der Waals surface area contributed by atoms with Gasteiger partial charge in [-0.2, -0.15) is 0 Å². The number of thioether (sulfide) groups is 2. The number of ether oxygens (including phenoxy) is 3. The Bertz CT molecular complexity index is 791. The van der Waals surface area contributed by atoms with Crippen LogP contribution in [-0.4, -0.2) is 42.9 Å². The van der Waals surface area contributed by atoms with Crippen molar-refractivity contribution in [1.82, 2.24) is 0 Å². The molecule has 1 N–H and O–H groups in total. The molecule has 0 bridgehead atoms. The summed E-state index contributed by atoms with van der Waals surface area (Å²) in [6.07, 6.45) is -0.242. The van der Waals surface area contributed by atoms with E-state index < -0.39 is 16.2 Å². The summed E-state index contributed by atoms with van der Waals surface area (Å²) in [5, 5.41) is 10.7. The fourth-order valence-corrected chi connectivity index (χ4v) is 6.33. The second kappa shape index (κ2) is 9.58. The molecule has 3 rings (SSSR count). The van der Waals surface area contributed by atoms with Crippen molar-refractivity contribution in [2.75, 3.05) is 25.7 Å². The molecule has 1 heterocycles. The molecule has 7 heteroatoms. The van der Waals surface area contributed by atoms with Gasteiger partial charge in [-0.25, -0.2) is 4.79 Å². The van der Waals surface area contributed by atoms with Crippen molar-refractivity contribution in [3.8, 4) is 11.5 Å². The highest BCUT2D eigenvalue weighted by Crippen LogP contribution is 2.54. The van der Waals surface area contributed by atoms with Crippen molar-refractivity contribution in [3.05, 3.63) is 59.7 Å². The summed E-state index contributed by atoms with van der Waals surface area (Å²) in [6.45, 7) is 0.427. The Morgan fingerprint density at radius 1 is 1.11 bits per heavy atom. The standard InChI is InChI=1S/C21H24O5S2/c1-24-18-13-16(9-10-17(18)26-14-15-7-4-3-5-8-15)21(19(22)20(23)25-2)27-11-6-12-28-21/h3-5,7-10,13,19,22H,6,11-12,14H2,1-2H3. The molecule has 0 saturated carbocycles. The maximum absolute atomic E-state index is 12.1. The van der Waals surface area contributed by atoms with Crippen molar-refractivity contribution in [3.63, 3.8) is 0 Å². The van der Waals surface area contributed by atoms with E-state index in [1.807, 2.05) is 48.5 Å². The number of aliphatic hydroxyl groups is 1.